The lowest BCUT2D eigenvalue weighted by atomic mass is 10.0. The zero-order valence-electron chi connectivity index (χ0n) is 14.7. The van der Waals surface area contributed by atoms with Crippen molar-refractivity contribution < 1.29 is 9.53 Å². The molecule has 0 saturated carbocycles. The number of rotatable bonds is 4. The molecule has 1 aliphatic rings. The lowest BCUT2D eigenvalue weighted by Crippen LogP contribution is -2.27. The van der Waals surface area contributed by atoms with Gasteiger partial charge in [0.05, 0.1) is 18.6 Å². The van der Waals surface area contributed by atoms with E-state index in [9.17, 15) is 4.79 Å². The van der Waals surface area contributed by atoms with E-state index < -0.39 is 0 Å². The normalized spacial score (nSPS) is 15.7. The van der Waals surface area contributed by atoms with E-state index in [1.165, 1.54) is 11.8 Å². The van der Waals surface area contributed by atoms with Gasteiger partial charge >= 0.3 is 0 Å². The monoisotopic (exact) mass is 391 g/mol. The Balaban J connectivity index is 1.72. The van der Waals surface area contributed by atoms with Crippen molar-refractivity contribution in [1.82, 2.24) is 4.90 Å². The minimum absolute atomic E-state index is 0.0659. The number of thioether (sulfide) groups is 1. The molecule has 0 aliphatic carbocycles. The Morgan fingerprint density at radius 3 is 2.56 bits per heavy atom. The maximum Gasteiger partial charge on any atom is 0.266 e. The maximum atomic E-state index is 13.0. The molecule has 0 aromatic heterocycles. The Bertz CT molecular complexity index is 1060. The summed E-state index contributed by atoms with van der Waals surface area (Å²) in [6.07, 6.45) is 1.89. The quantitative estimate of drug-likeness (QED) is 0.449. The van der Waals surface area contributed by atoms with Gasteiger partial charge in [0.1, 0.15) is 10.1 Å². The predicted octanol–water partition coefficient (Wildman–Crippen LogP) is 5.25. The highest BCUT2D eigenvalue weighted by atomic mass is 32.2. The highest BCUT2D eigenvalue weighted by Gasteiger charge is 2.32. The zero-order chi connectivity index (χ0) is 18.8. The van der Waals surface area contributed by atoms with Crippen LogP contribution in [-0.4, -0.2) is 22.2 Å². The van der Waals surface area contributed by atoms with Crippen LogP contribution < -0.4 is 4.74 Å². The molecule has 5 heteroatoms. The standard InChI is InChI=1S/C22H17NO2S2/c1-25-19-12-11-16-9-5-6-10-17(16)18(19)13-20-21(24)23(22(26)27-20)14-15-7-3-2-4-8-15/h2-13H,14H2,1H3/b20-13+. The van der Waals surface area contributed by atoms with E-state index in [0.717, 1.165) is 27.6 Å². The lowest BCUT2D eigenvalue weighted by Gasteiger charge is -2.14. The highest BCUT2D eigenvalue weighted by Crippen LogP contribution is 2.37. The molecule has 0 bridgehead atoms. The smallest absolute Gasteiger partial charge is 0.266 e. The van der Waals surface area contributed by atoms with E-state index in [0.29, 0.717) is 15.8 Å². The molecule has 0 N–H and O–H groups in total. The molecule has 0 atom stereocenters. The highest BCUT2D eigenvalue weighted by molar-refractivity contribution is 8.26. The largest absolute Gasteiger partial charge is 0.496 e. The fourth-order valence-corrected chi connectivity index (χ4v) is 4.37. The van der Waals surface area contributed by atoms with Gasteiger partial charge in [-0.15, -0.1) is 0 Å². The first-order chi connectivity index (χ1) is 13.2. The molecule has 0 radical (unpaired) electrons. The van der Waals surface area contributed by atoms with Crippen LogP contribution in [0.1, 0.15) is 11.1 Å². The summed E-state index contributed by atoms with van der Waals surface area (Å²) in [7, 11) is 1.64. The van der Waals surface area contributed by atoms with Gasteiger partial charge in [-0.1, -0.05) is 84.6 Å². The second kappa shape index (κ2) is 7.55. The fourth-order valence-electron chi connectivity index (χ4n) is 3.14. The van der Waals surface area contributed by atoms with Gasteiger partial charge in [-0.25, -0.2) is 0 Å². The fraction of sp³-hybridized carbons (Fsp3) is 0.0909. The summed E-state index contributed by atoms with van der Waals surface area (Å²) in [4.78, 5) is 15.2. The minimum Gasteiger partial charge on any atom is -0.496 e. The van der Waals surface area contributed by atoms with Crippen LogP contribution in [0.2, 0.25) is 0 Å². The summed E-state index contributed by atoms with van der Waals surface area (Å²) in [5.41, 5.74) is 1.95. The van der Waals surface area contributed by atoms with E-state index in [4.69, 9.17) is 17.0 Å². The first kappa shape index (κ1) is 17.8. The summed E-state index contributed by atoms with van der Waals surface area (Å²) >= 11 is 6.80. The summed E-state index contributed by atoms with van der Waals surface area (Å²) in [6, 6.07) is 21.9. The molecule has 1 fully saturated rings. The van der Waals surface area contributed by atoms with Crippen LogP contribution in [0.15, 0.2) is 71.6 Å². The van der Waals surface area contributed by atoms with Crippen molar-refractivity contribution in [3.63, 3.8) is 0 Å². The number of methoxy groups -OCH3 is 1. The average Bonchev–Trinajstić information content (AvgIpc) is 2.96. The van der Waals surface area contributed by atoms with Crippen molar-refractivity contribution in [2.75, 3.05) is 7.11 Å². The van der Waals surface area contributed by atoms with Crippen LogP contribution in [-0.2, 0) is 11.3 Å². The van der Waals surface area contributed by atoms with Crippen molar-refractivity contribution in [3.8, 4) is 5.75 Å². The summed E-state index contributed by atoms with van der Waals surface area (Å²) in [5, 5.41) is 2.15. The molecule has 1 saturated heterocycles. The molecule has 27 heavy (non-hydrogen) atoms. The predicted molar refractivity (Wildman–Crippen MR) is 116 cm³/mol. The molecule has 134 valence electrons. The molecule has 3 nitrogen and oxygen atoms in total. The van der Waals surface area contributed by atoms with Crippen molar-refractivity contribution in [3.05, 3.63) is 82.8 Å². The number of thiocarbonyl (C=S) groups is 1. The molecule has 0 unspecified atom stereocenters. The Morgan fingerprint density at radius 2 is 1.78 bits per heavy atom. The van der Waals surface area contributed by atoms with Crippen molar-refractivity contribution in [1.29, 1.82) is 0 Å². The molecule has 1 heterocycles. The molecule has 0 spiro atoms. The maximum absolute atomic E-state index is 13.0. The summed E-state index contributed by atoms with van der Waals surface area (Å²) < 4.78 is 6.11. The van der Waals surface area contributed by atoms with Crippen molar-refractivity contribution in [2.45, 2.75) is 6.54 Å². The van der Waals surface area contributed by atoms with Crippen molar-refractivity contribution >= 4 is 51.1 Å². The van der Waals surface area contributed by atoms with Crippen LogP contribution in [0.25, 0.3) is 16.8 Å². The number of fused-ring (bicyclic) bond motifs is 1. The number of hydrogen-bond donors (Lipinski definition) is 0. The Labute approximate surface area is 167 Å². The molecule has 3 aromatic rings. The number of ether oxygens (including phenoxy) is 1. The van der Waals surface area contributed by atoms with E-state index in [1.54, 1.807) is 12.0 Å². The van der Waals surface area contributed by atoms with E-state index in [-0.39, 0.29) is 5.91 Å². The molecular weight excluding hydrogens is 374 g/mol. The number of amides is 1. The third-order valence-corrected chi connectivity index (χ3v) is 5.86. The van der Waals surface area contributed by atoms with Crippen LogP contribution in [0, 0.1) is 0 Å². The van der Waals surface area contributed by atoms with Crippen LogP contribution in [0.3, 0.4) is 0 Å². The number of carbonyl (C=O) groups excluding carboxylic acids is 1. The SMILES string of the molecule is COc1ccc2ccccc2c1/C=C1/SC(=S)N(Cc2ccccc2)C1=O. The number of hydrogen-bond acceptors (Lipinski definition) is 4. The first-order valence-corrected chi connectivity index (χ1v) is 9.75. The second-order valence-electron chi connectivity index (χ2n) is 6.16. The lowest BCUT2D eigenvalue weighted by molar-refractivity contribution is -0.122. The molecule has 3 aromatic carbocycles. The van der Waals surface area contributed by atoms with E-state index in [2.05, 4.69) is 0 Å². The van der Waals surface area contributed by atoms with Gasteiger partial charge in [0.2, 0.25) is 0 Å². The van der Waals surface area contributed by atoms with Gasteiger partial charge in [0, 0.05) is 5.56 Å². The van der Waals surface area contributed by atoms with Gasteiger partial charge in [-0.3, -0.25) is 9.69 Å². The Kier molecular flexibility index (Phi) is 4.97. The first-order valence-electron chi connectivity index (χ1n) is 8.52. The van der Waals surface area contributed by atoms with Crippen LogP contribution in [0.4, 0.5) is 0 Å². The van der Waals surface area contributed by atoms with E-state index >= 15 is 0 Å². The van der Waals surface area contributed by atoms with E-state index in [1.807, 2.05) is 72.8 Å². The Hall–Kier alpha value is -2.63. The number of benzene rings is 3. The van der Waals surface area contributed by atoms with Gasteiger partial charge in [0.25, 0.3) is 5.91 Å². The van der Waals surface area contributed by atoms with Crippen LogP contribution in [0.5, 0.6) is 5.75 Å². The number of carbonyl (C=O) groups is 1. The number of nitrogens with zero attached hydrogens (tertiary/aromatic N) is 1. The van der Waals surface area contributed by atoms with Gasteiger partial charge < -0.3 is 4.74 Å². The molecule has 1 amide bonds. The van der Waals surface area contributed by atoms with Gasteiger partial charge in [0.15, 0.2) is 0 Å². The Morgan fingerprint density at radius 1 is 1.04 bits per heavy atom. The minimum atomic E-state index is -0.0659. The average molecular weight is 392 g/mol. The van der Waals surface area contributed by atoms with Crippen LogP contribution >= 0.6 is 24.0 Å². The second-order valence-corrected chi connectivity index (χ2v) is 7.83. The molecule has 4 rings (SSSR count). The topological polar surface area (TPSA) is 29.5 Å². The molecule has 1 aliphatic heterocycles. The molecular formula is C22H17NO2S2. The third kappa shape index (κ3) is 3.48. The van der Waals surface area contributed by atoms with Crippen molar-refractivity contribution in [2.24, 2.45) is 0 Å². The summed E-state index contributed by atoms with van der Waals surface area (Å²) in [6.45, 7) is 0.482. The van der Waals surface area contributed by atoms with Gasteiger partial charge in [-0.05, 0) is 28.5 Å². The summed E-state index contributed by atoms with van der Waals surface area (Å²) in [5.74, 6) is 0.672. The van der Waals surface area contributed by atoms with Gasteiger partial charge in [-0.2, -0.15) is 0 Å². The third-order valence-electron chi connectivity index (χ3n) is 4.48. The zero-order valence-corrected chi connectivity index (χ0v) is 16.3.